The van der Waals surface area contributed by atoms with Crippen molar-refractivity contribution in [2.45, 2.75) is 0 Å². The molecule has 10 heteroatoms. The van der Waals surface area contributed by atoms with Gasteiger partial charge in [0.2, 0.25) is 0 Å². The van der Waals surface area contributed by atoms with E-state index in [4.69, 9.17) is 16.3 Å². The molecule has 0 aliphatic heterocycles. The van der Waals surface area contributed by atoms with Gasteiger partial charge in [0, 0.05) is 11.1 Å². The van der Waals surface area contributed by atoms with Crippen molar-refractivity contribution in [3.63, 3.8) is 0 Å². The van der Waals surface area contributed by atoms with E-state index in [0.29, 0.717) is 11.3 Å². The lowest BCUT2D eigenvalue weighted by Crippen LogP contribution is -2.21. The third-order valence-electron chi connectivity index (χ3n) is 2.51. The van der Waals surface area contributed by atoms with E-state index in [9.17, 15) is 24.1 Å². The van der Waals surface area contributed by atoms with Crippen molar-refractivity contribution in [3.8, 4) is 0 Å². The summed E-state index contributed by atoms with van der Waals surface area (Å²) in [6.07, 6.45) is 0. The summed E-state index contributed by atoms with van der Waals surface area (Å²) in [5.74, 6) is -2.35. The summed E-state index contributed by atoms with van der Waals surface area (Å²) in [5.41, 5.74) is -0.148. The van der Waals surface area contributed by atoms with Crippen molar-refractivity contribution in [1.29, 1.82) is 0 Å². The lowest BCUT2D eigenvalue weighted by molar-refractivity contribution is -0.380. The number of esters is 1. The zero-order valence-corrected chi connectivity index (χ0v) is 12.8. The minimum atomic E-state index is -0.884. The van der Waals surface area contributed by atoms with Crippen LogP contribution in [0.15, 0.2) is 30.3 Å². The van der Waals surface area contributed by atoms with Crippen molar-refractivity contribution < 1.29 is 23.6 Å². The van der Waals surface area contributed by atoms with Crippen LogP contribution in [0.5, 0.6) is 0 Å². The fourth-order valence-corrected chi connectivity index (χ4v) is 2.40. The molecule has 0 atom stereocenters. The van der Waals surface area contributed by atoms with Crippen LogP contribution in [0, 0.1) is 15.9 Å². The van der Waals surface area contributed by atoms with E-state index in [1.807, 2.05) is 0 Å². The molecule has 0 bridgehead atoms. The minimum absolute atomic E-state index is 0.0153. The molecule has 1 amide bonds. The number of amides is 1. The number of nitrogens with one attached hydrogen (secondary N) is 1. The second-order valence-electron chi connectivity index (χ2n) is 4.14. The first kappa shape index (κ1) is 16.8. The van der Waals surface area contributed by atoms with E-state index in [0.717, 1.165) is 12.1 Å². The van der Waals surface area contributed by atoms with Gasteiger partial charge in [-0.1, -0.05) is 22.9 Å². The lowest BCUT2D eigenvalue weighted by atomic mass is 10.3. The van der Waals surface area contributed by atoms with Gasteiger partial charge in [-0.05, 0) is 24.3 Å². The van der Waals surface area contributed by atoms with Gasteiger partial charge >= 0.3 is 11.0 Å². The molecule has 0 radical (unpaired) electrons. The van der Waals surface area contributed by atoms with E-state index in [1.54, 1.807) is 0 Å². The van der Waals surface area contributed by atoms with Crippen LogP contribution in [0.1, 0.15) is 9.67 Å². The Balaban J connectivity index is 1.92. The molecule has 1 heterocycles. The summed E-state index contributed by atoms with van der Waals surface area (Å²) in [4.78, 5) is 33.1. The first-order chi connectivity index (χ1) is 10.9. The zero-order valence-electron chi connectivity index (χ0n) is 11.2. The molecule has 7 nitrogen and oxygen atoms in total. The SMILES string of the molecule is O=C(COC(=O)c1ccc([N+](=O)[O-])s1)Nc1cc(Cl)ccc1F. The van der Waals surface area contributed by atoms with Crippen LogP contribution in [0.3, 0.4) is 0 Å². The first-order valence-electron chi connectivity index (χ1n) is 6.03. The van der Waals surface area contributed by atoms with Crippen molar-refractivity contribution in [2.75, 3.05) is 11.9 Å². The van der Waals surface area contributed by atoms with Gasteiger partial charge in [0.05, 0.1) is 10.6 Å². The predicted octanol–water partition coefficient (Wildman–Crippen LogP) is 3.24. The standard InChI is InChI=1S/C13H8ClFN2O5S/c14-7-1-2-8(15)9(5-7)16-11(18)6-22-13(19)10-3-4-12(23-10)17(20)21/h1-5H,6H2,(H,16,18). The number of benzene rings is 1. The van der Waals surface area contributed by atoms with E-state index in [2.05, 4.69) is 5.32 Å². The van der Waals surface area contributed by atoms with Crippen LogP contribution in [-0.4, -0.2) is 23.4 Å². The van der Waals surface area contributed by atoms with Crippen molar-refractivity contribution >= 4 is 45.5 Å². The summed E-state index contributed by atoms with van der Waals surface area (Å²) in [5, 5.41) is 12.7. The first-order valence-corrected chi connectivity index (χ1v) is 7.22. The van der Waals surface area contributed by atoms with Crippen LogP contribution >= 0.6 is 22.9 Å². The fourth-order valence-electron chi connectivity index (χ4n) is 1.52. The molecule has 23 heavy (non-hydrogen) atoms. The van der Waals surface area contributed by atoms with Crippen molar-refractivity contribution in [3.05, 3.63) is 56.2 Å². The van der Waals surface area contributed by atoms with Crippen LogP contribution in [0.2, 0.25) is 5.02 Å². The average Bonchev–Trinajstić information content (AvgIpc) is 2.99. The maximum atomic E-state index is 13.4. The molecule has 2 aromatic rings. The third-order valence-corrected chi connectivity index (χ3v) is 3.76. The number of rotatable bonds is 5. The van der Waals surface area contributed by atoms with Crippen molar-refractivity contribution in [2.24, 2.45) is 0 Å². The second-order valence-corrected chi connectivity index (χ2v) is 5.64. The largest absolute Gasteiger partial charge is 0.451 e. The fraction of sp³-hybridized carbons (Fsp3) is 0.0769. The monoisotopic (exact) mass is 358 g/mol. The topological polar surface area (TPSA) is 98.5 Å². The molecule has 1 aromatic carbocycles. The van der Waals surface area contributed by atoms with Crippen LogP contribution < -0.4 is 5.32 Å². The Kier molecular flexibility index (Phi) is 5.24. The molecule has 0 saturated carbocycles. The number of anilines is 1. The van der Waals surface area contributed by atoms with E-state index >= 15 is 0 Å². The molecule has 0 spiro atoms. The number of hydrogen-bond acceptors (Lipinski definition) is 6. The Morgan fingerprint density at radius 3 is 2.74 bits per heavy atom. The van der Waals surface area contributed by atoms with Gasteiger partial charge in [-0.3, -0.25) is 14.9 Å². The molecule has 0 aliphatic carbocycles. The summed E-state index contributed by atoms with van der Waals surface area (Å²) < 4.78 is 18.1. The quantitative estimate of drug-likeness (QED) is 0.502. The zero-order chi connectivity index (χ0) is 17.0. The molecule has 1 aromatic heterocycles. The lowest BCUT2D eigenvalue weighted by Gasteiger charge is -2.07. The smallest absolute Gasteiger partial charge is 0.349 e. The molecule has 2 rings (SSSR count). The molecular formula is C13H8ClFN2O5S. The Labute approximate surface area is 137 Å². The van der Waals surface area contributed by atoms with Gasteiger partial charge in [0.25, 0.3) is 5.91 Å². The number of thiophene rings is 1. The molecule has 1 N–H and O–H groups in total. The second kappa shape index (κ2) is 7.16. The Hall–Kier alpha value is -2.52. The molecule has 0 aliphatic rings. The van der Waals surface area contributed by atoms with Gasteiger partial charge in [0.1, 0.15) is 10.7 Å². The van der Waals surface area contributed by atoms with Gasteiger partial charge in [-0.25, -0.2) is 9.18 Å². The molecular weight excluding hydrogens is 351 g/mol. The normalized spacial score (nSPS) is 10.2. The highest BCUT2D eigenvalue weighted by Gasteiger charge is 2.17. The van der Waals surface area contributed by atoms with E-state index in [1.165, 1.54) is 18.2 Å². The minimum Gasteiger partial charge on any atom is -0.451 e. The van der Waals surface area contributed by atoms with Gasteiger partial charge in [-0.15, -0.1) is 0 Å². The molecule has 0 saturated heterocycles. The molecule has 0 fully saturated rings. The summed E-state index contributed by atoms with van der Waals surface area (Å²) in [6.45, 7) is -0.670. The van der Waals surface area contributed by atoms with Crippen molar-refractivity contribution in [1.82, 2.24) is 0 Å². The summed E-state index contributed by atoms with van der Waals surface area (Å²) in [7, 11) is 0. The summed E-state index contributed by atoms with van der Waals surface area (Å²) in [6, 6.07) is 5.98. The highest BCUT2D eigenvalue weighted by molar-refractivity contribution is 7.17. The number of nitro groups is 1. The molecule has 0 unspecified atom stereocenters. The number of hydrogen-bond donors (Lipinski definition) is 1. The highest BCUT2D eigenvalue weighted by Crippen LogP contribution is 2.24. The van der Waals surface area contributed by atoms with Gasteiger partial charge < -0.3 is 10.1 Å². The predicted molar refractivity (Wildman–Crippen MR) is 81.3 cm³/mol. The van der Waals surface area contributed by atoms with E-state index in [-0.39, 0.29) is 20.6 Å². The maximum absolute atomic E-state index is 13.4. The number of carbonyl (C=O) groups excluding carboxylic acids is 2. The Bertz CT molecular complexity index is 779. The third kappa shape index (κ3) is 4.47. The number of nitrogens with zero attached hydrogens (tertiary/aromatic N) is 1. The highest BCUT2D eigenvalue weighted by atomic mass is 35.5. The van der Waals surface area contributed by atoms with Crippen LogP contribution in [0.25, 0.3) is 0 Å². The summed E-state index contributed by atoms with van der Waals surface area (Å²) >= 11 is 6.31. The maximum Gasteiger partial charge on any atom is 0.349 e. The number of carbonyl (C=O) groups is 2. The van der Waals surface area contributed by atoms with E-state index < -0.39 is 29.2 Å². The average molecular weight is 359 g/mol. The van der Waals surface area contributed by atoms with Crippen LogP contribution in [-0.2, 0) is 9.53 Å². The van der Waals surface area contributed by atoms with Gasteiger partial charge in [0.15, 0.2) is 6.61 Å². The Morgan fingerprint density at radius 2 is 2.09 bits per heavy atom. The van der Waals surface area contributed by atoms with Gasteiger partial charge in [-0.2, -0.15) is 0 Å². The Morgan fingerprint density at radius 1 is 1.35 bits per heavy atom. The molecule has 120 valence electrons. The number of ether oxygens (including phenoxy) is 1. The number of halogens is 2. The van der Waals surface area contributed by atoms with Crippen LogP contribution in [0.4, 0.5) is 15.1 Å².